The molecule has 0 bridgehead atoms. The van der Waals surface area contributed by atoms with Crippen LogP contribution in [0.4, 0.5) is 0 Å². The largest absolute Gasteiger partial charge is 0.387 e. The molecule has 0 saturated carbocycles. The molecule has 1 N–H and O–H groups in total. The van der Waals surface area contributed by atoms with Crippen LogP contribution in [-0.4, -0.2) is 29.6 Å². The fraction of sp³-hybridized carbons (Fsp3) is 0.625. The Morgan fingerprint density at radius 3 is 2.11 bits per heavy atom. The Labute approximate surface area is 112 Å². The Kier molecular flexibility index (Phi) is 6.99. The molecule has 1 unspecified atom stereocenters. The van der Waals surface area contributed by atoms with Crippen LogP contribution in [0.1, 0.15) is 45.3 Å². The van der Waals surface area contributed by atoms with Gasteiger partial charge < -0.3 is 10.0 Å². The second-order valence-electron chi connectivity index (χ2n) is 4.96. The number of likely N-dealkylation sites (N-methyl/N-ethyl adjacent to an activating group) is 1. The van der Waals surface area contributed by atoms with Gasteiger partial charge in [0.05, 0.1) is 6.10 Å². The van der Waals surface area contributed by atoms with Gasteiger partial charge in [0.15, 0.2) is 0 Å². The highest BCUT2D eigenvalue weighted by Crippen LogP contribution is 2.16. The first-order valence-electron chi connectivity index (χ1n) is 7.16. The lowest BCUT2D eigenvalue weighted by atomic mass is 10.0. The van der Waals surface area contributed by atoms with E-state index in [2.05, 4.69) is 25.7 Å². The van der Waals surface area contributed by atoms with E-state index in [9.17, 15) is 5.11 Å². The molecule has 1 rings (SSSR count). The van der Waals surface area contributed by atoms with Gasteiger partial charge in [0.25, 0.3) is 0 Å². The van der Waals surface area contributed by atoms with E-state index in [1.807, 2.05) is 30.3 Å². The van der Waals surface area contributed by atoms with Crippen LogP contribution in [0.5, 0.6) is 0 Å². The predicted molar refractivity (Wildman–Crippen MR) is 77.6 cm³/mol. The van der Waals surface area contributed by atoms with Gasteiger partial charge in [-0.05, 0) is 18.0 Å². The van der Waals surface area contributed by atoms with Crippen LogP contribution < -0.4 is 0 Å². The molecular weight excluding hydrogens is 222 g/mol. The highest BCUT2D eigenvalue weighted by molar-refractivity contribution is 5.17. The van der Waals surface area contributed by atoms with Crippen molar-refractivity contribution in [2.75, 3.05) is 19.6 Å². The molecule has 0 radical (unpaired) electrons. The zero-order chi connectivity index (χ0) is 13.4. The van der Waals surface area contributed by atoms with E-state index < -0.39 is 0 Å². The van der Waals surface area contributed by atoms with Crippen LogP contribution in [0.25, 0.3) is 0 Å². The minimum atomic E-state index is -0.375. The Hall–Kier alpha value is -0.860. The van der Waals surface area contributed by atoms with Crippen LogP contribution in [0, 0.1) is 5.92 Å². The summed E-state index contributed by atoms with van der Waals surface area (Å²) in [6.07, 6.45) is 2.06. The van der Waals surface area contributed by atoms with Crippen molar-refractivity contribution in [2.24, 2.45) is 5.92 Å². The molecule has 0 aromatic heterocycles. The maximum atomic E-state index is 10.2. The fourth-order valence-corrected chi connectivity index (χ4v) is 2.27. The van der Waals surface area contributed by atoms with E-state index in [4.69, 9.17) is 0 Å². The van der Waals surface area contributed by atoms with Crippen molar-refractivity contribution in [2.45, 2.75) is 39.7 Å². The number of benzene rings is 1. The molecule has 2 nitrogen and oxygen atoms in total. The molecule has 0 amide bonds. The third kappa shape index (κ3) is 4.79. The molecule has 0 heterocycles. The van der Waals surface area contributed by atoms with E-state index in [1.54, 1.807) is 0 Å². The summed E-state index contributed by atoms with van der Waals surface area (Å²) in [4.78, 5) is 2.36. The molecule has 0 fully saturated rings. The summed E-state index contributed by atoms with van der Waals surface area (Å²) in [6, 6.07) is 9.94. The summed E-state index contributed by atoms with van der Waals surface area (Å²) < 4.78 is 0. The number of nitrogens with zero attached hydrogens (tertiary/aromatic N) is 1. The van der Waals surface area contributed by atoms with Crippen molar-refractivity contribution in [1.82, 2.24) is 4.90 Å². The van der Waals surface area contributed by atoms with Crippen LogP contribution >= 0.6 is 0 Å². The Balaban J connectivity index is 2.52. The van der Waals surface area contributed by atoms with E-state index >= 15 is 0 Å². The van der Waals surface area contributed by atoms with Crippen molar-refractivity contribution in [3.63, 3.8) is 0 Å². The number of rotatable bonds is 8. The standard InChI is InChI=1S/C16H27NO/c1-4-14(5-2)12-17(6-3)13-16(18)15-10-8-7-9-11-15/h7-11,14,16,18H,4-6,12-13H2,1-3H3. The lowest BCUT2D eigenvalue weighted by molar-refractivity contribution is 0.105. The monoisotopic (exact) mass is 249 g/mol. The molecule has 1 atom stereocenters. The quantitative estimate of drug-likeness (QED) is 0.762. The number of hydrogen-bond acceptors (Lipinski definition) is 2. The van der Waals surface area contributed by atoms with Gasteiger partial charge in [0, 0.05) is 13.1 Å². The molecule has 102 valence electrons. The summed E-state index contributed by atoms with van der Waals surface area (Å²) in [5, 5.41) is 10.2. The van der Waals surface area contributed by atoms with Crippen molar-refractivity contribution in [3.8, 4) is 0 Å². The molecule has 2 heteroatoms. The zero-order valence-electron chi connectivity index (χ0n) is 12.0. The van der Waals surface area contributed by atoms with Crippen LogP contribution in [-0.2, 0) is 0 Å². The molecule has 0 aliphatic rings. The average molecular weight is 249 g/mol. The van der Waals surface area contributed by atoms with E-state index in [0.29, 0.717) is 0 Å². The average Bonchev–Trinajstić information content (AvgIpc) is 2.44. The Morgan fingerprint density at radius 2 is 1.61 bits per heavy atom. The molecule has 1 aromatic rings. The Bertz CT molecular complexity index is 308. The molecule has 18 heavy (non-hydrogen) atoms. The van der Waals surface area contributed by atoms with E-state index in [-0.39, 0.29) is 6.10 Å². The maximum absolute atomic E-state index is 10.2. The van der Waals surface area contributed by atoms with Crippen LogP contribution in [0.2, 0.25) is 0 Å². The van der Waals surface area contributed by atoms with Gasteiger partial charge >= 0.3 is 0 Å². The van der Waals surface area contributed by atoms with Crippen LogP contribution in [0.3, 0.4) is 0 Å². The van der Waals surface area contributed by atoms with Gasteiger partial charge in [-0.15, -0.1) is 0 Å². The van der Waals surface area contributed by atoms with Gasteiger partial charge in [-0.2, -0.15) is 0 Å². The molecule has 0 spiro atoms. The first kappa shape index (κ1) is 15.2. The summed E-state index contributed by atoms with van der Waals surface area (Å²) >= 11 is 0. The summed E-state index contributed by atoms with van der Waals surface area (Å²) in [6.45, 7) is 9.48. The predicted octanol–water partition coefficient (Wildman–Crippen LogP) is 3.48. The van der Waals surface area contributed by atoms with E-state index in [1.165, 1.54) is 12.8 Å². The summed E-state index contributed by atoms with van der Waals surface area (Å²) in [7, 11) is 0. The van der Waals surface area contributed by atoms with Crippen LogP contribution in [0.15, 0.2) is 30.3 Å². The lowest BCUT2D eigenvalue weighted by Gasteiger charge is -2.27. The highest BCUT2D eigenvalue weighted by atomic mass is 16.3. The minimum absolute atomic E-state index is 0.375. The van der Waals surface area contributed by atoms with Crippen molar-refractivity contribution in [3.05, 3.63) is 35.9 Å². The second-order valence-corrected chi connectivity index (χ2v) is 4.96. The second kappa shape index (κ2) is 8.28. The first-order chi connectivity index (χ1) is 8.71. The fourth-order valence-electron chi connectivity index (χ4n) is 2.27. The van der Waals surface area contributed by atoms with Gasteiger partial charge in [-0.3, -0.25) is 0 Å². The maximum Gasteiger partial charge on any atom is 0.0916 e. The van der Waals surface area contributed by atoms with Gasteiger partial charge in [-0.25, -0.2) is 0 Å². The van der Waals surface area contributed by atoms with Crippen molar-refractivity contribution >= 4 is 0 Å². The van der Waals surface area contributed by atoms with Gasteiger partial charge in [0.2, 0.25) is 0 Å². The number of hydrogen-bond donors (Lipinski definition) is 1. The minimum Gasteiger partial charge on any atom is -0.387 e. The zero-order valence-corrected chi connectivity index (χ0v) is 12.0. The number of aliphatic hydroxyl groups is 1. The molecule has 0 saturated heterocycles. The molecule has 0 aliphatic heterocycles. The summed E-state index contributed by atoms with van der Waals surface area (Å²) in [5.74, 6) is 0.743. The third-order valence-electron chi connectivity index (χ3n) is 3.73. The van der Waals surface area contributed by atoms with Crippen molar-refractivity contribution in [1.29, 1.82) is 0 Å². The van der Waals surface area contributed by atoms with Gasteiger partial charge in [0.1, 0.15) is 0 Å². The van der Waals surface area contributed by atoms with E-state index in [0.717, 1.165) is 31.1 Å². The SMILES string of the molecule is CCC(CC)CN(CC)CC(O)c1ccccc1. The highest BCUT2D eigenvalue weighted by Gasteiger charge is 2.15. The third-order valence-corrected chi connectivity index (χ3v) is 3.73. The number of aliphatic hydroxyl groups excluding tert-OH is 1. The van der Waals surface area contributed by atoms with Crippen molar-refractivity contribution < 1.29 is 5.11 Å². The smallest absolute Gasteiger partial charge is 0.0916 e. The molecule has 0 aliphatic carbocycles. The topological polar surface area (TPSA) is 23.5 Å². The summed E-state index contributed by atoms with van der Waals surface area (Å²) in [5.41, 5.74) is 1.01. The molecular formula is C16H27NO. The molecule has 1 aromatic carbocycles. The normalized spacial score (nSPS) is 13.2. The lowest BCUT2D eigenvalue weighted by Crippen LogP contribution is -2.33. The Morgan fingerprint density at radius 1 is 1.00 bits per heavy atom. The first-order valence-corrected chi connectivity index (χ1v) is 7.16. The van der Waals surface area contributed by atoms with Gasteiger partial charge in [-0.1, -0.05) is 63.9 Å².